The van der Waals surface area contributed by atoms with Crippen LogP contribution >= 0.6 is 11.6 Å². The molecule has 0 bridgehead atoms. The molecular weight excluding hydrogens is 472 g/mol. The zero-order valence-corrected chi connectivity index (χ0v) is 22.6. The first kappa shape index (κ1) is 27.9. The van der Waals surface area contributed by atoms with Crippen LogP contribution in [-0.4, -0.2) is 52.8 Å². The number of aliphatic hydroxyl groups is 1. The summed E-state index contributed by atoms with van der Waals surface area (Å²) in [7, 11) is 0. The van der Waals surface area contributed by atoms with Crippen LogP contribution in [0, 0.1) is 0 Å². The molecule has 0 radical (unpaired) electrons. The minimum Gasteiger partial charge on any atom is -0.507 e. The van der Waals surface area contributed by atoms with Crippen LogP contribution < -0.4 is 0 Å². The molecule has 0 spiro atoms. The van der Waals surface area contributed by atoms with Crippen molar-refractivity contribution in [3.05, 3.63) is 75.8 Å². The number of rotatable bonds is 13. The first-order chi connectivity index (χ1) is 17.4. The van der Waals surface area contributed by atoms with Crippen molar-refractivity contribution >= 4 is 29.1 Å². The maximum absolute atomic E-state index is 13.2. The maximum atomic E-state index is 13.2. The molecular formula is C30H39ClN2O3. The predicted octanol–water partition coefficient (Wildman–Crippen LogP) is 6.62. The molecule has 1 aliphatic rings. The average Bonchev–Trinajstić information content (AvgIpc) is 3.15. The average molecular weight is 511 g/mol. The fourth-order valence-electron chi connectivity index (χ4n) is 4.72. The van der Waals surface area contributed by atoms with E-state index in [-0.39, 0.29) is 11.3 Å². The molecule has 0 aliphatic carbocycles. The van der Waals surface area contributed by atoms with Gasteiger partial charge in [0.1, 0.15) is 5.76 Å². The number of Topliss-reactive ketones (excluding diaryl/α,β-unsaturated/α-hetero) is 1. The van der Waals surface area contributed by atoms with Crippen LogP contribution in [-0.2, 0) is 16.0 Å². The van der Waals surface area contributed by atoms with Crippen molar-refractivity contribution in [2.24, 2.45) is 0 Å². The number of halogens is 1. The van der Waals surface area contributed by atoms with Crippen LogP contribution in [0.15, 0.2) is 54.1 Å². The first-order valence-corrected chi connectivity index (χ1v) is 13.6. The highest BCUT2D eigenvalue weighted by molar-refractivity contribution is 6.46. The Labute approximate surface area is 220 Å². The number of ketones is 1. The van der Waals surface area contributed by atoms with Gasteiger partial charge in [0.05, 0.1) is 11.6 Å². The van der Waals surface area contributed by atoms with E-state index in [1.165, 1.54) is 5.56 Å². The second-order valence-corrected chi connectivity index (χ2v) is 9.93. The molecule has 3 rings (SSSR count). The van der Waals surface area contributed by atoms with Gasteiger partial charge < -0.3 is 14.9 Å². The molecule has 0 unspecified atom stereocenters. The fourth-order valence-corrected chi connectivity index (χ4v) is 4.85. The van der Waals surface area contributed by atoms with Gasteiger partial charge in [0.15, 0.2) is 0 Å². The molecule has 2 aromatic carbocycles. The Balaban J connectivity index is 1.91. The zero-order chi connectivity index (χ0) is 26.1. The van der Waals surface area contributed by atoms with Crippen molar-refractivity contribution < 1.29 is 14.7 Å². The number of hydrogen-bond acceptors (Lipinski definition) is 4. The standard InChI is InChI=1S/C30H39ClN2O3/c1-4-7-18-32(19-8-5-2)20-9-21-33-27(23-12-10-22(6-3)11-13-23)26(29(35)30(33)36)28(34)24-14-16-25(31)17-15-24/h10-17,27,34H,4-9,18-21H2,1-3H3/t27-/m0/s1. The smallest absolute Gasteiger partial charge is 0.295 e. The van der Waals surface area contributed by atoms with Gasteiger partial charge in [-0.3, -0.25) is 9.59 Å². The summed E-state index contributed by atoms with van der Waals surface area (Å²) in [5.41, 5.74) is 2.62. The van der Waals surface area contributed by atoms with Gasteiger partial charge in [-0.2, -0.15) is 0 Å². The van der Waals surface area contributed by atoms with Crippen molar-refractivity contribution in [3.8, 4) is 0 Å². The lowest BCUT2D eigenvalue weighted by Crippen LogP contribution is -2.34. The molecule has 1 N–H and O–H groups in total. The number of hydrogen-bond donors (Lipinski definition) is 1. The van der Waals surface area contributed by atoms with E-state index in [4.69, 9.17) is 11.6 Å². The van der Waals surface area contributed by atoms with Crippen LogP contribution in [0.1, 0.15) is 75.6 Å². The van der Waals surface area contributed by atoms with E-state index in [0.717, 1.165) is 63.7 Å². The molecule has 6 heteroatoms. The number of amides is 1. The summed E-state index contributed by atoms with van der Waals surface area (Å²) in [5, 5.41) is 11.7. The monoisotopic (exact) mass is 510 g/mol. The minimum absolute atomic E-state index is 0.139. The molecule has 1 aliphatic heterocycles. The summed E-state index contributed by atoms with van der Waals surface area (Å²) in [6, 6.07) is 14.0. The van der Waals surface area contributed by atoms with E-state index in [1.807, 2.05) is 24.3 Å². The van der Waals surface area contributed by atoms with E-state index >= 15 is 0 Å². The largest absolute Gasteiger partial charge is 0.507 e. The highest BCUT2D eigenvalue weighted by Gasteiger charge is 2.45. The van der Waals surface area contributed by atoms with Gasteiger partial charge >= 0.3 is 0 Å². The quantitative estimate of drug-likeness (QED) is 0.187. The summed E-state index contributed by atoms with van der Waals surface area (Å²) < 4.78 is 0. The SMILES string of the molecule is CCCCN(CCCC)CCCN1C(=O)C(=O)C(=C(O)c2ccc(Cl)cc2)[C@@H]1c1ccc(CC)cc1. The molecule has 0 aromatic heterocycles. The summed E-state index contributed by atoms with van der Waals surface area (Å²) >= 11 is 6.02. The molecule has 5 nitrogen and oxygen atoms in total. The van der Waals surface area contributed by atoms with E-state index in [2.05, 4.69) is 25.7 Å². The molecule has 1 saturated heterocycles. The van der Waals surface area contributed by atoms with Gasteiger partial charge in [0.25, 0.3) is 11.7 Å². The number of nitrogens with zero attached hydrogens (tertiary/aromatic N) is 2. The number of aliphatic hydroxyl groups excluding tert-OH is 1. The Morgan fingerprint density at radius 3 is 2.03 bits per heavy atom. The molecule has 1 fully saturated rings. The second-order valence-electron chi connectivity index (χ2n) is 9.50. The lowest BCUT2D eigenvalue weighted by Gasteiger charge is -2.27. The Morgan fingerprint density at radius 2 is 1.47 bits per heavy atom. The number of aryl methyl sites for hydroxylation is 1. The van der Waals surface area contributed by atoms with E-state index < -0.39 is 17.7 Å². The summed E-state index contributed by atoms with van der Waals surface area (Å²) in [6.45, 7) is 9.91. The van der Waals surface area contributed by atoms with E-state index in [9.17, 15) is 14.7 Å². The van der Waals surface area contributed by atoms with Crippen LogP contribution in [0.2, 0.25) is 5.02 Å². The van der Waals surface area contributed by atoms with Crippen LogP contribution in [0.4, 0.5) is 0 Å². The number of unbranched alkanes of at least 4 members (excludes halogenated alkanes) is 2. The summed E-state index contributed by atoms with van der Waals surface area (Å²) in [6.07, 6.45) is 6.27. The molecule has 1 atom stereocenters. The molecule has 36 heavy (non-hydrogen) atoms. The van der Waals surface area contributed by atoms with Crippen LogP contribution in [0.3, 0.4) is 0 Å². The maximum Gasteiger partial charge on any atom is 0.295 e. The molecule has 194 valence electrons. The normalized spacial score (nSPS) is 17.4. The number of carbonyl (C=O) groups excluding carboxylic acids is 2. The highest BCUT2D eigenvalue weighted by Crippen LogP contribution is 2.39. The molecule has 0 saturated carbocycles. The van der Waals surface area contributed by atoms with Gasteiger partial charge in [-0.05, 0) is 80.7 Å². The third-order valence-electron chi connectivity index (χ3n) is 6.89. The van der Waals surface area contributed by atoms with Crippen molar-refractivity contribution in [2.45, 2.75) is 65.3 Å². The van der Waals surface area contributed by atoms with Crippen LogP contribution in [0.25, 0.3) is 5.76 Å². The van der Waals surface area contributed by atoms with E-state index in [1.54, 1.807) is 29.2 Å². The fraction of sp³-hybridized carbons (Fsp3) is 0.467. The lowest BCUT2D eigenvalue weighted by molar-refractivity contribution is -0.140. The van der Waals surface area contributed by atoms with Crippen LogP contribution in [0.5, 0.6) is 0 Å². The van der Waals surface area contributed by atoms with Gasteiger partial charge in [-0.1, -0.05) is 69.5 Å². The highest BCUT2D eigenvalue weighted by atomic mass is 35.5. The Hall–Kier alpha value is -2.63. The Kier molecular flexibility index (Phi) is 10.6. The second kappa shape index (κ2) is 13.6. The van der Waals surface area contributed by atoms with Crippen molar-refractivity contribution in [3.63, 3.8) is 0 Å². The summed E-state index contributed by atoms with van der Waals surface area (Å²) in [5.74, 6) is -1.35. The lowest BCUT2D eigenvalue weighted by atomic mass is 9.94. The Morgan fingerprint density at radius 1 is 0.889 bits per heavy atom. The minimum atomic E-state index is -0.638. The molecule has 2 aromatic rings. The number of benzene rings is 2. The molecule has 1 heterocycles. The molecule has 1 amide bonds. The van der Waals surface area contributed by atoms with Crippen molar-refractivity contribution in [2.75, 3.05) is 26.2 Å². The third kappa shape index (κ3) is 6.77. The third-order valence-corrected chi connectivity index (χ3v) is 7.14. The summed E-state index contributed by atoms with van der Waals surface area (Å²) in [4.78, 5) is 30.6. The van der Waals surface area contributed by atoms with Gasteiger partial charge in [-0.25, -0.2) is 0 Å². The van der Waals surface area contributed by atoms with Gasteiger partial charge in [-0.15, -0.1) is 0 Å². The zero-order valence-electron chi connectivity index (χ0n) is 21.8. The van der Waals surface area contributed by atoms with Gasteiger partial charge in [0.2, 0.25) is 0 Å². The van der Waals surface area contributed by atoms with Gasteiger partial charge in [0, 0.05) is 17.1 Å². The number of likely N-dealkylation sites (tertiary alicyclic amines) is 1. The van der Waals surface area contributed by atoms with Crippen molar-refractivity contribution in [1.29, 1.82) is 0 Å². The van der Waals surface area contributed by atoms with Crippen molar-refractivity contribution in [1.82, 2.24) is 9.80 Å². The van der Waals surface area contributed by atoms with E-state index in [0.29, 0.717) is 17.1 Å². The Bertz CT molecular complexity index is 1040. The topological polar surface area (TPSA) is 60.9 Å². The predicted molar refractivity (Wildman–Crippen MR) is 147 cm³/mol. The number of carbonyl (C=O) groups is 2. The first-order valence-electron chi connectivity index (χ1n) is 13.3.